The maximum absolute atomic E-state index is 13.1. The average molecular weight is 517 g/mol. The Morgan fingerprint density at radius 1 is 1.19 bits per heavy atom. The lowest BCUT2D eigenvalue weighted by Crippen LogP contribution is -2.54. The van der Waals surface area contributed by atoms with Gasteiger partial charge in [0.05, 0.1) is 13.2 Å². The van der Waals surface area contributed by atoms with Gasteiger partial charge in [0.15, 0.2) is 11.2 Å². The first-order valence-corrected chi connectivity index (χ1v) is 13.5. The van der Waals surface area contributed by atoms with Gasteiger partial charge in [0, 0.05) is 42.8 Å². The summed E-state index contributed by atoms with van der Waals surface area (Å²) >= 11 is 1.64. The van der Waals surface area contributed by atoms with E-state index in [1.807, 2.05) is 37.9 Å². The second-order valence-electron chi connectivity index (χ2n) is 10.2. The molecule has 0 saturated carbocycles. The number of hydrogen-bond donors (Lipinski definition) is 1. The summed E-state index contributed by atoms with van der Waals surface area (Å²) in [5.74, 6) is 1.61. The molecule has 10 nitrogen and oxygen atoms in total. The summed E-state index contributed by atoms with van der Waals surface area (Å²) in [5.41, 5.74) is -0.579. The third kappa shape index (κ3) is 6.91. The van der Waals surface area contributed by atoms with Crippen LogP contribution in [-0.2, 0) is 20.7 Å². The molecule has 4 heterocycles. The summed E-state index contributed by atoms with van der Waals surface area (Å²) < 4.78 is 11.2. The number of ether oxygens (including phenoxy) is 2. The normalized spacial score (nSPS) is 19.3. The van der Waals surface area contributed by atoms with Crippen LogP contribution in [-0.4, -0.2) is 81.2 Å². The van der Waals surface area contributed by atoms with Crippen molar-refractivity contribution in [2.24, 2.45) is 0 Å². The Morgan fingerprint density at radius 2 is 1.97 bits per heavy atom. The Hall–Kier alpha value is -2.79. The third-order valence-corrected chi connectivity index (χ3v) is 7.10. The molecule has 0 spiro atoms. The van der Waals surface area contributed by atoms with Gasteiger partial charge in [-0.1, -0.05) is 13.3 Å². The minimum atomic E-state index is -0.664. The van der Waals surface area contributed by atoms with Gasteiger partial charge in [-0.2, -0.15) is 0 Å². The molecule has 2 aromatic rings. The van der Waals surface area contributed by atoms with E-state index in [-0.39, 0.29) is 18.4 Å². The highest BCUT2D eigenvalue weighted by molar-refractivity contribution is 7.15. The lowest BCUT2D eigenvalue weighted by atomic mass is 9.95. The molecule has 1 atom stereocenters. The van der Waals surface area contributed by atoms with Crippen LogP contribution < -0.4 is 5.32 Å². The molecule has 2 aliphatic heterocycles. The van der Waals surface area contributed by atoms with Crippen LogP contribution in [0.15, 0.2) is 18.5 Å². The third-order valence-electron chi connectivity index (χ3n) is 6.12. The molecular formula is C25H36N6O4S. The molecule has 1 unspecified atom stereocenters. The fraction of sp³-hybridized carbons (Fsp3) is 0.640. The van der Waals surface area contributed by atoms with Crippen molar-refractivity contribution in [2.45, 2.75) is 71.0 Å². The van der Waals surface area contributed by atoms with E-state index in [0.717, 1.165) is 42.5 Å². The Kier molecular flexibility index (Phi) is 8.40. The number of aromatic nitrogens is 3. The van der Waals surface area contributed by atoms with E-state index in [2.05, 4.69) is 22.2 Å². The highest BCUT2D eigenvalue weighted by Crippen LogP contribution is 2.28. The van der Waals surface area contributed by atoms with Crippen LogP contribution in [0.4, 0.5) is 15.7 Å². The zero-order valence-corrected chi connectivity index (χ0v) is 22.3. The first kappa shape index (κ1) is 26.3. The minimum Gasteiger partial charge on any atom is -0.444 e. The predicted molar refractivity (Wildman–Crippen MR) is 138 cm³/mol. The number of rotatable bonds is 6. The number of hydrogen-bond acceptors (Lipinski definition) is 9. The van der Waals surface area contributed by atoms with Gasteiger partial charge in [0.2, 0.25) is 0 Å². The van der Waals surface area contributed by atoms with Crippen LogP contribution in [0.2, 0.25) is 0 Å². The van der Waals surface area contributed by atoms with E-state index in [4.69, 9.17) is 14.5 Å². The van der Waals surface area contributed by atoms with Crippen LogP contribution in [0, 0.1) is 0 Å². The predicted octanol–water partition coefficient (Wildman–Crippen LogP) is 3.97. The van der Waals surface area contributed by atoms with Crippen LogP contribution in [0.3, 0.4) is 0 Å². The highest BCUT2D eigenvalue weighted by atomic mass is 32.1. The lowest BCUT2D eigenvalue weighted by molar-refractivity contribution is -0.150. The van der Waals surface area contributed by atoms with Gasteiger partial charge >= 0.3 is 6.09 Å². The van der Waals surface area contributed by atoms with Crippen molar-refractivity contribution in [3.8, 4) is 0 Å². The van der Waals surface area contributed by atoms with Crippen molar-refractivity contribution in [1.29, 1.82) is 0 Å². The van der Waals surface area contributed by atoms with E-state index in [1.165, 1.54) is 4.88 Å². The number of thiazole rings is 1. The van der Waals surface area contributed by atoms with Crippen LogP contribution in [0.25, 0.3) is 0 Å². The van der Waals surface area contributed by atoms with Gasteiger partial charge < -0.3 is 24.6 Å². The molecule has 2 aromatic heterocycles. The molecule has 0 bridgehead atoms. The number of likely N-dealkylation sites (tertiary alicyclic amines) is 1. The topological polar surface area (TPSA) is 110 Å². The minimum absolute atomic E-state index is 0.0790. The van der Waals surface area contributed by atoms with E-state index >= 15 is 0 Å². The number of nitrogens with zero attached hydrogens (tertiary/aromatic N) is 5. The number of morpholine rings is 1. The van der Waals surface area contributed by atoms with Crippen molar-refractivity contribution >= 4 is 34.3 Å². The van der Waals surface area contributed by atoms with E-state index in [0.29, 0.717) is 26.2 Å². The van der Waals surface area contributed by atoms with Crippen LogP contribution in [0.1, 0.15) is 63.6 Å². The second-order valence-corrected chi connectivity index (χ2v) is 11.3. The zero-order valence-electron chi connectivity index (χ0n) is 21.5. The summed E-state index contributed by atoms with van der Waals surface area (Å²) in [6, 6.07) is 1.85. The fourth-order valence-corrected chi connectivity index (χ4v) is 5.25. The van der Waals surface area contributed by atoms with Gasteiger partial charge in [-0.3, -0.25) is 4.79 Å². The maximum atomic E-state index is 13.1. The molecule has 0 radical (unpaired) electrons. The molecule has 0 aromatic carbocycles. The molecule has 196 valence electrons. The average Bonchev–Trinajstić information content (AvgIpc) is 3.30. The van der Waals surface area contributed by atoms with Gasteiger partial charge in [0.25, 0.3) is 5.91 Å². The quantitative estimate of drug-likeness (QED) is 0.614. The number of aryl methyl sites for hydroxylation is 1. The van der Waals surface area contributed by atoms with E-state index in [1.54, 1.807) is 22.4 Å². The lowest BCUT2D eigenvalue weighted by Gasteiger charge is -2.37. The molecule has 2 saturated heterocycles. The van der Waals surface area contributed by atoms with Crippen molar-refractivity contribution in [3.63, 3.8) is 0 Å². The largest absolute Gasteiger partial charge is 0.444 e. The number of carbonyl (C=O) groups is 2. The monoisotopic (exact) mass is 516 g/mol. The van der Waals surface area contributed by atoms with Gasteiger partial charge in [0.1, 0.15) is 17.2 Å². The van der Waals surface area contributed by atoms with Crippen molar-refractivity contribution in [1.82, 2.24) is 24.8 Å². The molecule has 1 N–H and O–H groups in total. The zero-order chi connectivity index (χ0) is 25.7. The summed E-state index contributed by atoms with van der Waals surface area (Å²) in [4.78, 5) is 43.9. The number of carbonyl (C=O) groups excluding carboxylic acids is 2. The van der Waals surface area contributed by atoms with Crippen LogP contribution >= 0.6 is 11.3 Å². The van der Waals surface area contributed by atoms with Gasteiger partial charge in [-0.15, -0.1) is 11.3 Å². The fourth-order valence-electron chi connectivity index (χ4n) is 4.33. The Morgan fingerprint density at radius 3 is 2.69 bits per heavy atom. The smallest absolute Gasteiger partial charge is 0.410 e. The molecule has 36 heavy (non-hydrogen) atoms. The van der Waals surface area contributed by atoms with Crippen molar-refractivity contribution in [3.05, 3.63) is 29.2 Å². The van der Waals surface area contributed by atoms with E-state index in [9.17, 15) is 9.59 Å². The van der Waals surface area contributed by atoms with E-state index < -0.39 is 17.8 Å². The molecule has 11 heteroatoms. The number of nitrogens with one attached hydrogen (secondary N) is 1. The number of piperidine rings is 1. The van der Waals surface area contributed by atoms with Crippen molar-refractivity contribution < 1.29 is 19.1 Å². The maximum Gasteiger partial charge on any atom is 0.410 e. The molecule has 2 amide bonds. The Balaban J connectivity index is 1.30. The summed E-state index contributed by atoms with van der Waals surface area (Å²) in [6.45, 7) is 9.79. The molecule has 4 rings (SSSR count). The molecule has 2 fully saturated rings. The van der Waals surface area contributed by atoms with Gasteiger partial charge in [-0.05, 0) is 46.1 Å². The summed E-state index contributed by atoms with van der Waals surface area (Å²) in [7, 11) is 0. The second kappa shape index (κ2) is 11.5. The number of anilines is 2. The molecule has 2 aliphatic rings. The molecule has 0 aliphatic carbocycles. The number of amides is 2. The first-order valence-electron chi connectivity index (χ1n) is 12.6. The van der Waals surface area contributed by atoms with Gasteiger partial charge in [-0.25, -0.2) is 19.7 Å². The standard InChI is InChI=1S/C25H36N6O4S/c1-5-6-18-15-27-23(36-18)29-20-7-10-26-21(28-20)17-8-11-30(12-9-17)22(32)19-16-31(13-14-34-19)24(33)35-25(2,3)4/h7,10,15,17,19H,5-6,8-9,11-14,16H2,1-4H3,(H,26,27,28,29). The first-order chi connectivity index (χ1) is 17.2. The molecular weight excluding hydrogens is 480 g/mol. The summed E-state index contributed by atoms with van der Waals surface area (Å²) in [5, 5.41) is 4.12. The Bertz CT molecular complexity index is 1050. The SMILES string of the molecule is CCCc1cnc(Nc2ccnc(C3CCN(C(=O)C4CN(C(=O)OC(C)(C)C)CCO4)CC3)n2)s1. The summed E-state index contributed by atoms with van der Waals surface area (Å²) in [6.07, 6.45) is 6.27. The van der Waals surface area contributed by atoms with Crippen LogP contribution in [0.5, 0.6) is 0 Å². The Labute approximate surface area is 216 Å². The van der Waals surface area contributed by atoms with Crippen molar-refractivity contribution in [2.75, 3.05) is 38.1 Å². The highest BCUT2D eigenvalue weighted by Gasteiger charge is 2.35.